The number of nitriles is 1. The summed E-state index contributed by atoms with van der Waals surface area (Å²) in [5, 5.41) is 11.7. The highest BCUT2D eigenvalue weighted by atomic mass is 16.6. The molecule has 1 amide bonds. The predicted molar refractivity (Wildman–Crippen MR) is 53.8 cm³/mol. The van der Waals surface area contributed by atoms with Crippen LogP contribution in [0.25, 0.3) is 0 Å². The zero-order valence-electron chi connectivity index (χ0n) is 8.68. The second kappa shape index (κ2) is 3.97. The number of carbonyl (C=O) groups is 2. The fraction of sp³-hybridized carbons (Fsp3) is 0.545. The summed E-state index contributed by atoms with van der Waals surface area (Å²) in [5.41, 5.74) is 0. The molecule has 2 aliphatic rings. The quantitative estimate of drug-likeness (QED) is 0.530. The average molecular weight is 220 g/mol. The summed E-state index contributed by atoms with van der Waals surface area (Å²) in [4.78, 5) is 22.6. The summed E-state index contributed by atoms with van der Waals surface area (Å²) in [7, 11) is 0. The van der Waals surface area contributed by atoms with E-state index in [1.165, 1.54) is 0 Å². The summed E-state index contributed by atoms with van der Waals surface area (Å²) < 4.78 is 5.14. The monoisotopic (exact) mass is 220 g/mol. The lowest BCUT2D eigenvalue weighted by atomic mass is 9.79. The van der Waals surface area contributed by atoms with Crippen LogP contribution in [-0.2, 0) is 14.3 Å². The molecule has 2 rings (SSSR count). The third kappa shape index (κ3) is 1.67. The lowest BCUT2D eigenvalue weighted by Crippen LogP contribution is -2.49. The number of fused-ring (bicyclic) bond motifs is 2. The average Bonchev–Trinajstić information content (AvgIpc) is 2.59. The summed E-state index contributed by atoms with van der Waals surface area (Å²) in [6, 6.07) is 1.72. The molecule has 4 atom stereocenters. The van der Waals surface area contributed by atoms with Gasteiger partial charge in [-0.2, -0.15) is 5.26 Å². The van der Waals surface area contributed by atoms with E-state index in [9.17, 15) is 9.59 Å². The van der Waals surface area contributed by atoms with E-state index in [0.717, 1.165) is 6.08 Å². The van der Waals surface area contributed by atoms with Crippen molar-refractivity contribution < 1.29 is 14.3 Å². The fourth-order valence-corrected chi connectivity index (χ4v) is 2.34. The highest BCUT2D eigenvalue weighted by Crippen LogP contribution is 2.37. The van der Waals surface area contributed by atoms with Crippen LogP contribution in [0.1, 0.15) is 12.8 Å². The van der Waals surface area contributed by atoms with Gasteiger partial charge in [0.05, 0.1) is 23.9 Å². The molecule has 5 heteroatoms. The Labute approximate surface area is 93.1 Å². The van der Waals surface area contributed by atoms with Gasteiger partial charge in [-0.3, -0.25) is 9.59 Å². The summed E-state index contributed by atoms with van der Waals surface area (Å²) >= 11 is 0. The second-order valence-corrected chi connectivity index (χ2v) is 4.12. The Hall–Kier alpha value is -1.83. The van der Waals surface area contributed by atoms with Crippen LogP contribution < -0.4 is 5.32 Å². The number of nitrogens with zero attached hydrogens (tertiary/aromatic N) is 1. The molecule has 1 saturated heterocycles. The molecule has 2 fully saturated rings. The van der Waals surface area contributed by atoms with Crippen molar-refractivity contribution in [3.8, 4) is 6.07 Å². The highest BCUT2D eigenvalue weighted by molar-refractivity contribution is 5.87. The zero-order chi connectivity index (χ0) is 11.7. The maximum Gasteiger partial charge on any atom is 0.309 e. The molecule has 16 heavy (non-hydrogen) atoms. The van der Waals surface area contributed by atoms with E-state index in [0.29, 0.717) is 12.8 Å². The molecule has 1 aliphatic heterocycles. The Balaban J connectivity index is 2.15. The van der Waals surface area contributed by atoms with Crippen LogP contribution >= 0.6 is 0 Å². The van der Waals surface area contributed by atoms with Gasteiger partial charge in [0.15, 0.2) is 0 Å². The Bertz CT molecular complexity index is 385. The van der Waals surface area contributed by atoms with Crippen molar-refractivity contribution >= 4 is 11.9 Å². The third-order valence-electron chi connectivity index (χ3n) is 3.15. The number of rotatable bonds is 2. The van der Waals surface area contributed by atoms with Gasteiger partial charge in [0.2, 0.25) is 5.91 Å². The Kier molecular flexibility index (Phi) is 2.65. The first-order valence-corrected chi connectivity index (χ1v) is 5.18. The van der Waals surface area contributed by atoms with Crippen molar-refractivity contribution in [2.45, 2.75) is 25.0 Å². The standard InChI is InChI=1S/C11H12N2O3/c1-2-9(14)13-10-7(5-12)3-6-4-8(10)16-11(6)15/h2,6-8,10H,1,3-4H2,(H,13,14). The van der Waals surface area contributed by atoms with E-state index in [-0.39, 0.29) is 29.8 Å². The summed E-state index contributed by atoms with van der Waals surface area (Å²) in [6.07, 6.45) is 1.85. The fourth-order valence-electron chi connectivity index (χ4n) is 2.34. The van der Waals surface area contributed by atoms with Crippen molar-refractivity contribution in [3.63, 3.8) is 0 Å². The maximum absolute atomic E-state index is 11.4. The second-order valence-electron chi connectivity index (χ2n) is 4.12. The van der Waals surface area contributed by atoms with E-state index in [2.05, 4.69) is 18.0 Å². The zero-order valence-corrected chi connectivity index (χ0v) is 8.68. The SMILES string of the molecule is C=CC(=O)NC1C(C#N)CC2CC1OC2=O. The molecule has 1 heterocycles. The molecular formula is C11H12N2O3. The topological polar surface area (TPSA) is 79.2 Å². The first-order valence-electron chi connectivity index (χ1n) is 5.18. The molecule has 1 N–H and O–H groups in total. The van der Waals surface area contributed by atoms with Crippen molar-refractivity contribution in [1.29, 1.82) is 5.26 Å². The Morgan fingerprint density at radius 3 is 3.00 bits per heavy atom. The van der Waals surface area contributed by atoms with E-state index in [1.54, 1.807) is 0 Å². The van der Waals surface area contributed by atoms with Gasteiger partial charge >= 0.3 is 5.97 Å². The summed E-state index contributed by atoms with van der Waals surface area (Å²) in [6.45, 7) is 3.35. The molecule has 0 aromatic heterocycles. The van der Waals surface area contributed by atoms with Crippen LogP contribution in [0.2, 0.25) is 0 Å². The number of nitrogens with one attached hydrogen (secondary N) is 1. The maximum atomic E-state index is 11.4. The van der Waals surface area contributed by atoms with Gasteiger partial charge in [0.1, 0.15) is 6.10 Å². The number of esters is 1. The minimum atomic E-state index is -0.404. The molecule has 5 nitrogen and oxygen atoms in total. The van der Waals surface area contributed by atoms with Crippen molar-refractivity contribution in [1.82, 2.24) is 5.32 Å². The molecule has 1 saturated carbocycles. The van der Waals surface area contributed by atoms with Crippen LogP contribution in [0.5, 0.6) is 0 Å². The molecule has 2 bridgehead atoms. The first-order chi connectivity index (χ1) is 7.65. The van der Waals surface area contributed by atoms with E-state index < -0.39 is 6.04 Å². The van der Waals surface area contributed by atoms with Crippen LogP contribution in [0.3, 0.4) is 0 Å². The largest absolute Gasteiger partial charge is 0.460 e. The van der Waals surface area contributed by atoms with Gasteiger partial charge < -0.3 is 10.1 Å². The van der Waals surface area contributed by atoms with E-state index >= 15 is 0 Å². The van der Waals surface area contributed by atoms with E-state index in [1.807, 2.05) is 0 Å². The third-order valence-corrected chi connectivity index (χ3v) is 3.15. The smallest absolute Gasteiger partial charge is 0.309 e. The molecule has 0 spiro atoms. The van der Waals surface area contributed by atoms with Gasteiger partial charge in [-0.1, -0.05) is 6.58 Å². The Morgan fingerprint density at radius 1 is 1.62 bits per heavy atom. The van der Waals surface area contributed by atoms with Gasteiger partial charge in [-0.15, -0.1) is 0 Å². The first kappa shape index (κ1) is 10.7. The van der Waals surface area contributed by atoms with Crippen LogP contribution in [0.15, 0.2) is 12.7 Å². The van der Waals surface area contributed by atoms with Crippen LogP contribution in [0.4, 0.5) is 0 Å². The number of hydrogen-bond donors (Lipinski definition) is 1. The Morgan fingerprint density at radius 2 is 2.38 bits per heavy atom. The lowest BCUT2D eigenvalue weighted by molar-refractivity contribution is -0.144. The van der Waals surface area contributed by atoms with Crippen molar-refractivity contribution in [2.75, 3.05) is 0 Å². The normalized spacial score (nSPS) is 36.1. The molecular weight excluding hydrogens is 208 g/mol. The van der Waals surface area contributed by atoms with E-state index in [4.69, 9.17) is 10.00 Å². The van der Waals surface area contributed by atoms with Crippen LogP contribution in [0, 0.1) is 23.2 Å². The number of carbonyl (C=O) groups excluding carboxylic acids is 2. The number of amides is 1. The minimum Gasteiger partial charge on any atom is -0.460 e. The molecule has 1 aliphatic carbocycles. The molecule has 0 aromatic carbocycles. The lowest BCUT2D eigenvalue weighted by Gasteiger charge is -2.30. The summed E-state index contributed by atoms with van der Waals surface area (Å²) in [5.74, 6) is -1.13. The van der Waals surface area contributed by atoms with Gasteiger partial charge in [-0.25, -0.2) is 0 Å². The van der Waals surface area contributed by atoms with Crippen molar-refractivity contribution in [3.05, 3.63) is 12.7 Å². The predicted octanol–water partition coefficient (Wildman–Crippen LogP) is 0.132. The molecule has 0 radical (unpaired) electrons. The number of ether oxygens (including phenoxy) is 1. The number of hydrogen-bond acceptors (Lipinski definition) is 4. The highest BCUT2D eigenvalue weighted by Gasteiger charge is 2.48. The minimum absolute atomic E-state index is 0.175. The molecule has 4 unspecified atom stereocenters. The van der Waals surface area contributed by atoms with Gasteiger partial charge in [0.25, 0.3) is 0 Å². The molecule has 84 valence electrons. The molecule has 0 aromatic rings. The van der Waals surface area contributed by atoms with Crippen LogP contribution in [-0.4, -0.2) is 24.0 Å². The van der Waals surface area contributed by atoms with Crippen molar-refractivity contribution in [2.24, 2.45) is 11.8 Å². The van der Waals surface area contributed by atoms with Gasteiger partial charge in [0, 0.05) is 0 Å². The van der Waals surface area contributed by atoms with Gasteiger partial charge in [-0.05, 0) is 18.9 Å².